The second kappa shape index (κ2) is 4.68. The molecule has 2 aliphatic carbocycles. The second-order valence-electron chi connectivity index (χ2n) is 5.83. The van der Waals surface area contributed by atoms with Gasteiger partial charge in [0.2, 0.25) is 0 Å². The molecule has 1 fully saturated rings. The van der Waals surface area contributed by atoms with Crippen LogP contribution >= 0.6 is 0 Å². The van der Waals surface area contributed by atoms with Crippen LogP contribution in [0.2, 0.25) is 0 Å². The predicted octanol–water partition coefficient (Wildman–Crippen LogP) is 3.38. The van der Waals surface area contributed by atoms with E-state index in [-0.39, 0.29) is 0 Å². The Hall–Kier alpha value is -1.44. The Morgan fingerprint density at radius 3 is 2.67 bits per heavy atom. The van der Waals surface area contributed by atoms with Crippen molar-refractivity contribution in [2.45, 2.75) is 12.8 Å². The van der Waals surface area contributed by atoms with E-state index in [1.165, 1.54) is 24.2 Å². The van der Waals surface area contributed by atoms with Gasteiger partial charge in [0.15, 0.2) is 0 Å². The lowest BCUT2D eigenvalue weighted by Gasteiger charge is -2.22. The quantitative estimate of drug-likeness (QED) is 0.814. The summed E-state index contributed by atoms with van der Waals surface area (Å²) in [6.45, 7) is 1.11. The lowest BCUT2D eigenvalue weighted by atomic mass is 9.93. The summed E-state index contributed by atoms with van der Waals surface area (Å²) < 4.78 is 0. The molecule has 1 aromatic rings. The first-order chi connectivity index (χ1) is 8.74. The van der Waals surface area contributed by atoms with Gasteiger partial charge >= 0.3 is 0 Å². The van der Waals surface area contributed by atoms with Crippen LogP contribution in [0, 0.1) is 17.8 Å². The van der Waals surface area contributed by atoms with Crippen LogP contribution in [0.1, 0.15) is 12.8 Å². The fraction of sp³-hybridized carbons (Fsp3) is 0.500. The van der Waals surface area contributed by atoms with Crippen LogP contribution in [0.25, 0.3) is 0 Å². The number of hydrogen-bond acceptors (Lipinski definition) is 2. The number of para-hydroxylation sites is 2. The monoisotopic (exact) mass is 242 g/mol. The fourth-order valence-electron chi connectivity index (χ4n) is 3.38. The lowest BCUT2D eigenvalue weighted by molar-refractivity contribution is 0.472. The number of nitrogens with zero attached hydrogens (tertiary/aromatic N) is 1. The third-order valence-corrected chi connectivity index (χ3v) is 4.36. The number of benzene rings is 1. The Morgan fingerprint density at radius 2 is 2.00 bits per heavy atom. The normalized spacial score (nSPS) is 28.7. The van der Waals surface area contributed by atoms with Gasteiger partial charge in [0.05, 0.1) is 11.4 Å². The summed E-state index contributed by atoms with van der Waals surface area (Å²) >= 11 is 0. The topological polar surface area (TPSA) is 15.3 Å². The van der Waals surface area contributed by atoms with Crippen LogP contribution in [-0.2, 0) is 0 Å². The maximum absolute atomic E-state index is 3.65. The van der Waals surface area contributed by atoms with E-state index >= 15 is 0 Å². The van der Waals surface area contributed by atoms with Gasteiger partial charge in [-0.25, -0.2) is 0 Å². The summed E-state index contributed by atoms with van der Waals surface area (Å²) in [6, 6.07) is 8.55. The van der Waals surface area contributed by atoms with Crippen molar-refractivity contribution in [3.05, 3.63) is 36.4 Å². The molecule has 2 aliphatic rings. The standard InChI is InChI=1S/C16H22N2/c1-18(2)16-6-4-3-5-15(16)17-11-14-10-12-7-8-13(14)9-12/h3-8,12-14,17H,9-11H2,1-2H3. The van der Waals surface area contributed by atoms with Crippen LogP contribution < -0.4 is 10.2 Å². The van der Waals surface area contributed by atoms with E-state index in [1.54, 1.807) is 0 Å². The van der Waals surface area contributed by atoms with Crippen molar-refractivity contribution in [1.29, 1.82) is 0 Å². The molecular formula is C16H22N2. The molecule has 1 N–H and O–H groups in total. The number of nitrogens with one attached hydrogen (secondary N) is 1. The molecule has 0 aromatic heterocycles. The first-order valence-corrected chi connectivity index (χ1v) is 6.92. The highest BCUT2D eigenvalue weighted by Gasteiger charge is 2.35. The zero-order chi connectivity index (χ0) is 12.5. The highest BCUT2D eigenvalue weighted by Crippen LogP contribution is 2.43. The van der Waals surface area contributed by atoms with Gasteiger partial charge in [0.25, 0.3) is 0 Å². The summed E-state index contributed by atoms with van der Waals surface area (Å²) in [5, 5.41) is 3.65. The molecule has 96 valence electrons. The molecule has 3 rings (SSSR count). The van der Waals surface area contributed by atoms with E-state index < -0.39 is 0 Å². The van der Waals surface area contributed by atoms with Gasteiger partial charge in [-0.1, -0.05) is 24.3 Å². The molecule has 0 heterocycles. The van der Waals surface area contributed by atoms with E-state index in [4.69, 9.17) is 0 Å². The Morgan fingerprint density at radius 1 is 1.17 bits per heavy atom. The summed E-state index contributed by atoms with van der Waals surface area (Å²) in [6.07, 6.45) is 7.60. The Balaban J connectivity index is 1.65. The predicted molar refractivity (Wildman–Crippen MR) is 78.1 cm³/mol. The zero-order valence-electron chi connectivity index (χ0n) is 11.3. The van der Waals surface area contributed by atoms with Crippen molar-refractivity contribution in [3.63, 3.8) is 0 Å². The van der Waals surface area contributed by atoms with Crippen molar-refractivity contribution in [3.8, 4) is 0 Å². The SMILES string of the molecule is CN(C)c1ccccc1NCC1CC2C=CC1C2. The molecule has 1 aromatic carbocycles. The minimum absolute atomic E-state index is 0.828. The molecule has 3 atom stereocenters. The van der Waals surface area contributed by atoms with Crippen molar-refractivity contribution >= 4 is 11.4 Å². The van der Waals surface area contributed by atoms with Gasteiger partial charge in [0, 0.05) is 20.6 Å². The van der Waals surface area contributed by atoms with Crippen molar-refractivity contribution in [2.24, 2.45) is 17.8 Å². The molecular weight excluding hydrogens is 220 g/mol. The van der Waals surface area contributed by atoms with E-state index in [0.29, 0.717) is 0 Å². The van der Waals surface area contributed by atoms with Gasteiger partial charge in [-0.3, -0.25) is 0 Å². The third kappa shape index (κ3) is 2.12. The minimum Gasteiger partial charge on any atom is -0.383 e. The molecule has 2 nitrogen and oxygen atoms in total. The highest BCUT2D eigenvalue weighted by molar-refractivity contribution is 5.69. The summed E-state index contributed by atoms with van der Waals surface area (Å²) in [4.78, 5) is 2.17. The van der Waals surface area contributed by atoms with E-state index in [9.17, 15) is 0 Å². The van der Waals surface area contributed by atoms with Gasteiger partial charge in [0.1, 0.15) is 0 Å². The molecule has 3 unspecified atom stereocenters. The molecule has 0 spiro atoms. The zero-order valence-corrected chi connectivity index (χ0v) is 11.3. The maximum Gasteiger partial charge on any atom is 0.0596 e. The minimum atomic E-state index is 0.828. The van der Waals surface area contributed by atoms with E-state index in [2.05, 4.69) is 60.7 Å². The average molecular weight is 242 g/mol. The van der Waals surface area contributed by atoms with Crippen LogP contribution in [0.5, 0.6) is 0 Å². The second-order valence-corrected chi connectivity index (χ2v) is 5.83. The van der Waals surface area contributed by atoms with Crippen LogP contribution in [0.15, 0.2) is 36.4 Å². The fourth-order valence-corrected chi connectivity index (χ4v) is 3.38. The number of hydrogen-bond donors (Lipinski definition) is 1. The van der Waals surface area contributed by atoms with Gasteiger partial charge < -0.3 is 10.2 Å². The highest BCUT2D eigenvalue weighted by atomic mass is 15.1. The third-order valence-electron chi connectivity index (χ3n) is 4.36. The Kier molecular flexibility index (Phi) is 3.02. The lowest BCUT2D eigenvalue weighted by Crippen LogP contribution is -2.20. The van der Waals surface area contributed by atoms with Crippen LogP contribution in [0.3, 0.4) is 0 Å². The van der Waals surface area contributed by atoms with Gasteiger partial charge in [-0.15, -0.1) is 0 Å². The first-order valence-electron chi connectivity index (χ1n) is 6.92. The largest absolute Gasteiger partial charge is 0.383 e. The van der Waals surface area contributed by atoms with Crippen LogP contribution in [0.4, 0.5) is 11.4 Å². The van der Waals surface area contributed by atoms with Crippen molar-refractivity contribution < 1.29 is 0 Å². The van der Waals surface area contributed by atoms with E-state index in [0.717, 1.165) is 24.3 Å². The number of fused-ring (bicyclic) bond motifs is 2. The van der Waals surface area contributed by atoms with Crippen molar-refractivity contribution in [1.82, 2.24) is 0 Å². The molecule has 0 radical (unpaired) electrons. The Labute approximate surface area is 110 Å². The molecule has 2 bridgehead atoms. The number of anilines is 2. The average Bonchev–Trinajstić information content (AvgIpc) is 2.98. The molecule has 1 saturated carbocycles. The van der Waals surface area contributed by atoms with E-state index in [1.807, 2.05) is 0 Å². The molecule has 0 amide bonds. The molecule has 0 aliphatic heterocycles. The van der Waals surface area contributed by atoms with Crippen LogP contribution in [-0.4, -0.2) is 20.6 Å². The first kappa shape index (κ1) is 11.6. The molecule has 0 saturated heterocycles. The van der Waals surface area contributed by atoms with Gasteiger partial charge in [-0.05, 0) is 42.7 Å². The summed E-state index contributed by atoms with van der Waals surface area (Å²) in [5.74, 6) is 2.52. The maximum atomic E-state index is 3.65. The number of allylic oxidation sites excluding steroid dienone is 2. The Bertz CT molecular complexity index is 450. The smallest absolute Gasteiger partial charge is 0.0596 e. The molecule has 2 heteroatoms. The summed E-state index contributed by atoms with van der Waals surface area (Å²) in [5.41, 5.74) is 2.53. The summed E-state index contributed by atoms with van der Waals surface area (Å²) in [7, 11) is 4.20. The van der Waals surface area contributed by atoms with Gasteiger partial charge in [-0.2, -0.15) is 0 Å². The number of rotatable bonds is 4. The van der Waals surface area contributed by atoms with Crippen molar-refractivity contribution in [2.75, 3.05) is 30.9 Å². The molecule has 18 heavy (non-hydrogen) atoms.